The molecule has 0 aliphatic heterocycles. The monoisotopic (exact) mass is 343 g/mol. The smallest absolute Gasteiger partial charge is 0.140 e. The van der Waals surface area contributed by atoms with E-state index in [0.717, 1.165) is 25.1 Å². The van der Waals surface area contributed by atoms with Crippen LogP contribution in [0.25, 0.3) is 0 Å². The van der Waals surface area contributed by atoms with Crippen LogP contribution in [0.4, 0.5) is 0 Å². The Hall–Kier alpha value is -2.58. The standard InChI is InChI=1S/C24H25NO/c1-2-25-23-17-20-10-6-7-11-22(20)24(23)26-21-14-12-19(13-15-21)16-18-8-4-3-5-9-18/h3-15,23-25H,2,16-17H2,1H3/t23-,24+/m0/s1. The Morgan fingerprint density at radius 3 is 2.31 bits per heavy atom. The van der Waals surface area contributed by atoms with Crippen molar-refractivity contribution in [3.63, 3.8) is 0 Å². The molecule has 0 saturated heterocycles. The van der Waals surface area contributed by atoms with Crippen LogP contribution in [-0.2, 0) is 12.8 Å². The second-order valence-electron chi connectivity index (χ2n) is 6.91. The molecule has 0 unspecified atom stereocenters. The molecule has 2 atom stereocenters. The van der Waals surface area contributed by atoms with Crippen LogP contribution in [0.3, 0.4) is 0 Å². The van der Waals surface area contributed by atoms with Gasteiger partial charge in [-0.05, 0) is 53.8 Å². The summed E-state index contributed by atoms with van der Waals surface area (Å²) in [5.74, 6) is 0.936. The van der Waals surface area contributed by atoms with Crippen molar-refractivity contribution in [2.45, 2.75) is 31.9 Å². The van der Waals surface area contributed by atoms with E-state index in [9.17, 15) is 0 Å². The van der Waals surface area contributed by atoms with Gasteiger partial charge in [-0.1, -0.05) is 73.7 Å². The fraction of sp³-hybridized carbons (Fsp3) is 0.250. The minimum absolute atomic E-state index is 0.0751. The average Bonchev–Trinajstić information content (AvgIpc) is 3.02. The molecule has 132 valence electrons. The van der Waals surface area contributed by atoms with Gasteiger partial charge in [-0.2, -0.15) is 0 Å². The summed E-state index contributed by atoms with van der Waals surface area (Å²) in [6, 6.07) is 28.1. The largest absolute Gasteiger partial charge is 0.484 e. The summed E-state index contributed by atoms with van der Waals surface area (Å²) in [6.45, 7) is 3.10. The van der Waals surface area contributed by atoms with E-state index in [1.165, 1.54) is 22.3 Å². The Bertz CT molecular complexity index is 842. The van der Waals surface area contributed by atoms with Crippen molar-refractivity contribution in [3.8, 4) is 5.75 Å². The average molecular weight is 343 g/mol. The van der Waals surface area contributed by atoms with E-state index in [4.69, 9.17) is 4.74 Å². The molecule has 0 radical (unpaired) electrons. The lowest BCUT2D eigenvalue weighted by molar-refractivity contribution is 0.169. The number of ether oxygens (including phenoxy) is 1. The summed E-state index contributed by atoms with van der Waals surface area (Å²) in [4.78, 5) is 0. The van der Waals surface area contributed by atoms with Gasteiger partial charge in [-0.15, -0.1) is 0 Å². The lowest BCUT2D eigenvalue weighted by Crippen LogP contribution is -2.35. The van der Waals surface area contributed by atoms with Gasteiger partial charge in [0.2, 0.25) is 0 Å². The number of fused-ring (bicyclic) bond motifs is 1. The van der Waals surface area contributed by atoms with Crippen LogP contribution >= 0.6 is 0 Å². The zero-order valence-corrected chi connectivity index (χ0v) is 15.2. The Labute approximate surface area is 155 Å². The second-order valence-corrected chi connectivity index (χ2v) is 6.91. The topological polar surface area (TPSA) is 21.3 Å². The van der Waals surface area contributed by atoms with Crippen LogP contribution in [0, 0.1) is 0 Å². The van der Waals surface area contributed by atoms with E-state index in [0.29, 0.717) is 6.04 Å². The van der Waals surface area contributed by atoms with E-state index in [1.54, 1.807) is 0 Å². The third kappa shape index (κ3) is 3.66. The van der Waals surface area contributed by atoms with Crippen molar-refractivity contribution in [2.75, 3.05) is 6.54 Å². The SMILES string of the molecule is CCN[C@H]1Cc2ccccc2[C@H]1Oc1ccc(Cc2ccccc2)cc1. The van der Waals surface area contributed by atoms with Crippen molar-refractivity contribution < 1.29 is 4.74 Å². The van der Waals surface area contributed by atoms with Crippen molar-refractivity contribution >= 4 is 0 Å². The molecule has 0 heterocycles. The molecule has 1 aliphatic carbocycles. The van der Waals surface area contributed by atoms with Crippen molar-refractivity contribution in [2.24, 2.45) is 0 Å². The Balaban J connectivity index is 1.49. The molecule has 0 fully saturated rings. The minimum atomic E-state index is 0.0751. The summed E-state index contributed by atoms with van der Waals surface area (Å²) in [5, 5.41) is 3.58. The first kappa shape index (κ1) is 16.9. The first-order valence-corrected chi connectivity index (χ1v) is 9.44. The van der Waals surface area contributed by atoms with Crippen LogP contribution in [0.15, 0.2) is 78.9 Å². The van der Waals surface area contributed by atoms with Crippen LogP contribution in [0.1, 0.15) is 35.3 Å². The molecule has 0 saturated carbocycles. The minimum Gasteiger partial charge on any atom is -0.484 e. The van der Waals surface area contributed by atoms with E-state index in [2.05, 4.69) is 91.1 Å². The molecule has 1 aliphatic rings. The molecule has 3 aromatic rings. The number of nitrogens with one attached hydrogen (secondary N) is 1. The molecule has 0 aromatic heterocycles. The van der Waals surface area contributed by atoms with Crippen LogP contribution in [0.5, 0.6) is 5.75 Å². The molecule has 2 nitrogen and oxygen atoms in total. The molecule has 0 amide bonds. The van der Waals surface area contributed by atoms with E-state index < -0.39 is 0 Å². The molecule has 0 bridgehead atoms. The number of benzene rings is 3. The van der Waals surface area contributed by atoms with Gasteiger partial charge in [0.25, 0.3) is 0 Å². The third-order valence-electron chi connectivity index (χ3n) is 5.07. The Morgan fingerprint density at radius 2 is 1.54 bits per heavy atom. The van der Waals surface area contributed by atoms with E-state index >= 15 is 0 Å². The van der Waals surface area contributed by atoms with Gasteiger partial charge in [0.05, 0.1) is 6.04 Å². The van der Waals surface area contributed by atoms with E-state index in [-0.39, 0.29) is 6.10 Å². The highest BCUT2D eigenvalue weighted by Gasteiger charge is 2.33. The maximum atomic E-state index is 6.41. The quantitative estimate of drug-likeness (QED) is 0.685. The molecule has 2 heteroatoms. The predicted molar refractivity (Wildman–Crippen MR) is 107 cm³/mol. The number of rotatable bonds is 6. The molecular formula is C24H25NO. The van der Waals surface area contributed by atoms with Gasteiger partial charge in [0, 0.05) is 0 Å². The van der Waals surface area contributed by atoms with Gasteiger partial charge in [0.15, 0.2) is 0 Å². The first-order valence-electron chi connectivity index (χ1n) is 9.44. The van der Waals surface area contributed by atoms with Crippen molar-refractivity contribution in [3.05, 3.63) is 101 Å². The molecule has 26 heavy (non-hydrogen) atoms. The highest BCUT2D eigenvalue weighted by Crippen LogP contribution is 2.35. The molecular weight excluding hydrogens is 318 g/mol. The molecule has 1 N–H and O–H groups in total. The summed E-state index contributed by atoms with van der Waals surface area (Å²) < 4.78 is 6.41. The maximum Gasteiger partial charge on any atom is 0.140 e. The zero-order valence-electron chi connectivity index (χ0n) is 15.2. The van der Waals surface area contributed by atoms with E-state index in [1.807, 2.05) is 0 Å². The zero-order chi connectivity index (χ0) is 17.8. The fourth-order valence-electron chi connectivity index (χ4n) is 3.81. The Morgan fingerprint density at radius 1 is 0.846 bits per heavy atom. The molecule has 0 spiro atoms. The van der Waals surface area contributed by atoms with Crippen LogP contribution in [0.2, 0.25) is 0 Å². The van der Waals surface area contributed by atoms with Crippen LogP contribution < -0.4 is 10.1 Å². The van der Waals surface area contributed by atoms with Gasteiger partial charge in [-0.25, -0.2) is 0 Å². The van der Waals surface area contributed by atoms with Gasteiger partial charge < -0.3 is 10.1 Å². The fourth-order valence-corrected chi connectivity index (χ4v) is 3.81. The van der Waals surface area contributed by atoms with Crippen molar-refractivity contribution in [1.82, 2.24) is 5.32 Å². The van der Waals surface area contributed by atoms with Crippen molar-refractivity contribution in [1.29, 1.82) is 0 Å². The number of hydrogen-bond acceptors (Lipinski definition) is 2. The third-order valence-corrected chi connectivity index (χ3v) is 5.07. The maximum absolute atomic E-state index is 6.41. The predicted octanol–water partition coefficient (Wildman–Crippen LogP) is 4.93. The second kappa shape index (κ2) is 7.76. The number of likely N-dealkylation sites (N-methyl/N-ethyl adjacent to an activating group) is 1. The highest BCUT2D eigenvalue weighted by atomic mass is 16.5. The normalized spacial score (nSPS) is 18.5. The van der Waals surface area contributed by atoms with Crippen LogP contribution in [-0.4, -0.2) is 12.6 Å². The van der Waals surface area contributed by atoms with Gasteiger partial charge in [0.1, 0.15) is 11.9 Å². The van der Waals surface area contributed by atoms with Gasteiger partial charge >= 0.3 is 0 Å². The summed E-state index contributed by atoms with van der Waals surface area (Å²) in [6.07, 6.45) is 2.06. The molecule has 4 rings (SSSR count). The molecule has 3 aromatic carbocycles. The summed E-state index contributed by atoms with van der Waals surface area (Å²) >= 11 is 0. The highest BCUT2D eigenvalue weighted by molar-refractivity contribution is 5.38. The lowest BCUT2D eigenvalue weighted by Gasteiger charge is -2.23. The Kier molecular flexibility index (Phi) is 5.03. The number of hydrogen-bond donors (Lipinski definition) is 1. The summed E-state index contributed by atoms with van der Waals surface area (Å²) in [7, 11) is 0. The van der Waals surface area contributed by atoms with Gasteiger partial charge in [-0.3, -0.25) is 0 Å². The first-order chi connectivity index (χ1) is 12.8. The summed E-state index contributed by atoms with van der Waals surface area (Å²) in [5.41, 5.74) is 5.34. The lowest BCUT2D eigenvalue weighted by atomic mass is 10.1.